The topological polar surface area (TPSA) is 96.7 Å². The molecule has 0 aliphatic heterocycles. The van der Waals surface area contributed by atoms with Crippen molar-refractivity contribution >= 4 is 10.8 Å². The number of fused-ring (bicyclic) bond motifs is 9. The molecule has 0 radical (unpaired) electrons. The lowest BCUT2D eigenvalue weighted by Crippen LogP contribution is -2.46. The second-order valence-corrected chi connectivity index (χ2v) is 16.1. The third kappa shape index (κ3) is 4.81. The van der Waals surface area contributed by atoms with Crippen LogP contribution in [0, 0.1) is 22.7 Å². The summed E-state index contributed by atoms with van der Waals surface area (Å²) in [6, 6.07) is 21.0. The van der Waals surface area contributed by atoms with Crippen LogP contribution in [-0.4, -0.2) is 32.0 Å². The maximum absolute atomic E-state index is 12.0. The van der Waals surface area contributed by atoms with Gasteiger partial charge in [0.25, 0.3) is 0 Å². The molecular formula is C41H45N3O4. The number of nitrogens with zero attached hydrogens (tertiary/aromatic N) is 3. The number of hydrogen-bond acceptors (Lipinski definition) is 5. The fourth-order valence-electron chi connectivity index (χ4n) is 10.8. The zero-order valence-electron chi connectivity index (χ0n) is 28.7. The molecule has 7 nitrogen and oxygen atoms in total. The number of rotatable bonds is 7. The minimum Gasteiger partial charge on any atom is -0.507 e. The molecule has 5 atom stereocenters. The first-order chi connectivity index (χ1) is 23.1. The van der Waals surface area contributed by atoms with Gasteiger partial charge < -0.3 is 19.3 Å². The molecule has 8 rings (SSSR count). The fraction of sp³-hybridized carbons (Fsp3) is 0.463. The van der Waals surface area contributed by atoms with Crippen molar-refractivity contribution in [3.8, 4) is 45.3 Å². The molecule has 7 heteroatoms. The van der Waals surface area contributed by atoms with Crippen LogP contribution in [0.4, 0.5) is 0 Å². The van der Waals surface area contributed by atoms with Gasteiger partial charge in [-0.05, 0) is 131 Å². The molecular weight excluding hydrogens is 598 g/mol. The third-order valence-electron chi connectivity index (χ3n) is 12.0. The zero-order chi connectivity index (χ0) is 33.4. The van der Waals surface area contributed by atoms with Gasteiger partial charge in [0.2, 0.25) is 0 Å². The van der Waals surface area contributed by atoms with Crippen molar-refractivity contribution < 1.29 is 19.3 Å². The first-order valence-electron chi connectivity index (χ1n) is 17.4. The molecule has 3 saturated carbocycles. The first-order valence-corrected chi connectivity index (χ1v) is 17.4. The minimum absolute atomic E-state index is 0.0118. The van der Waals surface area contributed by atoms with Gasteiger partial charge in [-0.2, -0.15) is 0 Å². The smallest absolute Gasteiger partial charge is 0.130 e. The van der Waals surface area contributed by atoms with E-state index in [0.717, 1.165) is 70.6 Å². The SMILES string of the molecule is COc1ccc(-c2cc3c(O)cc4c(c3cc2OC2CC3CCC2C3)-c2ccccc2C42CC(C)(C)CC(C)(CN=[N+]=[N-])C2)c(OC)c1. The molecule has 0 heterocycles. The van der Waals surface area contributed by atoms with Crippen molar-refractivity contribution in [2.45, 2.75) is 77.2 Å². The maximum atomic E-state index is 12.0. The Bertz CT molecular complexity index is 2000. The van der Waals surface area contributed by atoms with Crippen molar-refractivity contribution in [1.82, 2.24) is 0 Å². The Morgan fingerprint density at radius 2 is 1.67 bits per heavy atom. The summed E-state index contributed by atoms with van der Waals surface area (Å²) >= 11 is 0. The molecule has 2 bridgehead atoms. The molecule has 48 heavy (non-hydrogen) atoms. The molecule has 0 aromatic heterocycles. The molecule has 4 aliphatic carbocycles. The second-order valence-electron chi connectivity index (χ2n) is 16.1. The Kier molecular flexibility index (Phi) is 7.16. The van der Waals surface area contributed by atoms with Gasteiger partial charge in [0.1, 0.15) is 29.1 Å². The average Bonchev–Trinajstić information content (AvgIpc) is 3.75. The van der Waals surface area contributed by atoms with Crippen LogP contribution in [0.25, 0.3) is 43.5 Å². The molecule has 0 saturated heterocycles. The lowest BCUT2D eigenvalue weighted by Gasteiger charge is -2.52. The summed E-state index contributed by atoms with van der Waals surface area (Å²) in [5.41, 5.74) is 15.4. The highest BCUT2D eigenvalue weighted by Crippen LogP contribution is 2.65. The van der Waals surface area contributed by atoms with Gasteiger partial charge >= 0.3 is 0 Å². The van der Waals surface area contributed by atoms with Crippen LogP contribution < -0.4 is 14.2 Å². The third-order valence-corrected chi connectivity index (χ3v) is 12.0. The van der Waals surface area contributed by atoms with E-state index in [0.29, 0.717) is 18.2 Å². The number of ether oxygens (including phenoxy) is 3. The monoisotopic (exact) mass is 643 g/mol. The van der Waals surface area contributed by atoms with Gasteiger partial charge in [-0.3, -0.25) is 0 Å². The van der Waals surface area contributed by atoms with E-state index in [2.05, 4.69) is 67.2 Å². The van der Waals surface area contributed by atoms with E-state index in [-0.39, 0.29) is 28.1 Å². The largest absolute Gasteiger partial charge is 0.507 e. The van der Waals surface area contributed by atoms with E-state index < -0.39 is 0 Å². The number of phenols is 1. The summed E-state index contributed by atoms with van der Waals surface area (Å²) in [6.45, 7) is 7.38. The van der Waals surface area contributed by atoms with Crippen molar-refractivity contribution in [2.75, 3.05) is 20.8 Å². The maximum Gasteiger partial charge on any atom is 0.130 e. The Balaban J connectivity index is 1.38. The van der Waals surface area contributed by atoms with Gasteiger partial charge in [-0.1, -0.05) is 50.2 Å². The van der Waals surface area contributed by atoms with Crippen molar-refractivity contribution in [2.24, 2.45) is 27.8 Å². The Labute approximate surface area is 282 Å². The summed E-state index contributed by atoms with van der Waals surface area (Å²) < 4.78 is 18.5. The Morgan fingerprint density at radius 1 is 0.833 bits per heavy atom. The molecule has 1 spiro atoms. The lowest BCUT2D eigenvalue weighted by atomic mass is 9.52. The summed E-state index contributed by atoms with van der Waals surface area (Å²) in [5.74, 6) is 3.82. The van der Waals surface area contributed by atoms with E-state index >= 15 is 0 Å². The van der Waals surface area contributed by atoms with Crippen LogP contribution in [-0.2, 0) is 5.41 Å². The van der Waals surface area contributed by atoms with Crippen LogP contribution >= 0.6 is 0 Å². The van der Waals surface area contributed by atoms with Gasteiger partial charge in [-0.25, -0.2) is 0 Å². The van der Waals surface area contributed by atoms with Crippen LogP contribution in [0.1, 0.15) is 76.8 Å². The number of azide groups is 1. The average molecular weight is 644 g/mol. The molecule has 0 amide bonds. The number of benzene rings is 4. The van der Waals surface area contributed by atoms with Crippen molar-refractivity contribution in [3.05, 3.63) is 82.2 Å². The molecule has 5 unspecified atom stereocenters. The van der Waals surface area contributed by atoms with Gasteiger partial charge in [0.15, 0.2) is 0 Å². The standard InChI is InChI=1S/C41H45N3O4/c1-39(2)20-40(3,23-43-44-42)22-41(21-39)32-9-7-6-8-28(32)38-31-18-37(48-35-15-24-10-11-25(35)14-24)30(17-29(31)34(45)19-33(38)41)27-13-12-26(46-4)16-36(27)47-5/h6-9,12-13,16-19,24-25,35,45H,10-11,14-15,20-23H2,1-5H3. The Hall–Kier alpha value is -4.35. The van der Waals surface area contributed by atoms with E-state index in [4.69, 9.17) is 14.2 Å². The van der Waals surface area contributed by atoms with E-state index in [9.17, 15) is 10.6 Å². The summed E-state index contributed by atoms with van der Waals surface area (Å²) in [5, 5.41) is 17.9. The number of aromatic hydroxyl groups is 1. The quantitative estimate of drug-likeness (QED) is 0.123. The molecule has 3 fully saturated rings. The highest BCUT2D eigenvalue weighted by Gasteiger charge is 2.55. The molecule has 4 aliphatic rings. The van der Waals surface area contributed by atoms with Crippen LogP contribution in [0.15, 0.2) is 65.8 Å². The van der Waals surface area contributed by atoms with Gasteiger partial charge in [-0.15, -0.1) is 0 Å². The van der Waals surface area contributed by atoms with Crippen molar-refractivity contribution in [1.29, 1.82) is 0 Å². The van der Waals surface area contributed by atoms with E-state index in [1.54, 1.807) is 14.2 Å². The second kappa shape index (κ2) is 11.1. The van der Waals surface area contributed by atoms with Gasteiger partial charge in [0, 0.05) is 39.5 Å². The van der Waals surface area contributed by atoms with Crippen LogP contribution in [0.5, 0.6) is 23.0 Å². The molecule has 4 aromatic rings. The minimum atomic E-state index is -0.331. The highest BCUT2D eigenvalue weighted by molar-refractivity contribution is 6.08. The van der Waals surface area contributed by atoms with E-state index in [1.807, 2.05) is 24.3 Å². The van der Waals surface area contributed by atoms with E-state index in [1.165, 1.54) is 36.0 Å². The Morgan fingerprint density at radius 3 is 2.40 bits per heavy atom. The predicted molar refractivity (Wildman–Crippen MR) is 190 cm³/mol. The lowest BCUT2D eigenvalue weighted by molar-refractivity contribution is 0.0572. The summed E-state index contributed by atoms with van der Waals surface area (Å²) in [6.07, 6.45) is 7.78. The highest BCUT2D eigenvalue weighted by atomic mass is 16.5. The van der Waals surface area contributed by atoms with Crippen LogP contribution in [0.3, 0.4) is 0 Å². The van der Waals surface area contributed by atoms with Crippen molar-refractivity contribution in [3.63, 3.8) is 0 Å². The summed E-state index contributed by atoms with van der Waals surface area (Å²) in [7, 11) is 3.34. The number of methoxy groups -OCH3 is 2. The molecule has 1 N–H and O–H groups in total. The molecule has 4 aromatic carbocycles. The molecule has 248 valence electrons. The fourth-order valence-corrected chi connectivity index (χ4v) is 10.8. The first kappa shape index (κ1) is 31.0. The number of phenolic OH excluding ortho intramolecular Hbond substituents is 1. The zero-order valence-corrected chi connectivity index (χ0v) is 28.7. The van der Waals surface area contributed by atoms with Crippen LogP contribution in [0.2, 0.25) is 0 Å². The van der Waals surface area contributed by atoms with Gasteiger partial charge in [0.05, 0.1) is 14.2 Å². The normalized spacial score (nSPS) is 27.8. The predicted octanol–water partition coefficient (Wildman–Crippen LogP) is 10.6. The number of hydrogen-bond donors (Lipinski definition) is 1. The summed E-state index contributed by atoms with van der Waals surface area (Å²) in [4.78, 5) is 3.16.